The summed E-state index contributed by atoms with van der Waals surface area (Å²) in [5.41, 5.74) is 1.04. The van der Waals surface area contributed by atoms with Crippen molar-refractivity contribution in [2.75, 3.05) is 33.4 Å². The van der Waals surface area contributed by atoms with Gasteiger partial charge in [-0.1, -0.05) is 19.1 Å². The van der Waals surface area contributed by atoms with Crippen LogP contribution in [0.2, 0.25) is 0 Å². The second kappa shape index (κ2) is 12.1. The van der Waals surface area contributed by atoms with Crippen molar-refractivity contribution < 1.29 is 9.13 Å². The van der Waals surface area contributed by atoms with Crippen molar-refractivity contribution in [2.45, 2.75) is 32.9 Å². The SMILES string of the molecule is CCc1nncn1CCNC(=NCC1CCOC1)N(C)Cc1ccc(F)cc1.I. The van der Waals surface area contributed by atoms with Crippen LogP contribution in [0, 0.1) is 11.7 Å². The monoisotopic (exact) mass is 516 g/mol. The van der Waals surface area contributed by atoms with Crippen LogP contribution in [0.15, 0.2) is 35.6 Å². The molecule has 1 aromatic heterocycles. The summed E-state index contributed by atoms with van der Waals surface area (Å²) in [5.74, 6) is 2.06. The highest BCUT2D eigenvalue weighted by atomic mass is 127. The van der Waals surface area contributed by atoms with Crippen LogP contribution in [0.4, 0.5) is 4.39 Å². The minimum atomic E-state index is -0.222. The predicted octanol–water partition coefficient (Wildman–Crippen LogP) is 2.71. The number of nitrogens with zero attached hydrogens (tertiary/aromatic N) is 5. The largest absolute Gasteiger partial charge is 0.381 e. The van der Waals surface area contributed by atoms with E-state index < -0.39 is 0 Å². The molecule has 1 fully saturated rings. The molecule has 1 saturated heterocycles. The van der Waals surface area contributed by atoms with E-state index in [4.69, 9.17) is 9.73 Å². The van der Waals surface area contributed by atoms with E-state index in [1.807, 2.05) is 7.05 Å². The minimum Gasteiger partial charge on any atom is -0.381 e. The zero-order valence-electron chi connectivity index (χ0n) is 17.1. The van der Waals surface area contributed by atoms with Gasteiger partial charge in [-0.2, -0.15) is 0 Å². The Hall–Kier alpha value is -1.75. The summed E-state index contributed by atoms with van der Waals surface area (Å²) in [4.78, 5) is 6.88. The Kier molecular flexibility index (Phi) is 9.79. The molecule has 1 aliphatic heterocycles. The average Bonchev–Trinajstić information content (AvgIpc) is 3.37. The topological polar surface area (TPSA) is 67.6 Å². The first-order valence-electron chi connectivity index (χ1n) is 9.84. The van der Waals surface area contributed by atoms with Gasteiger partial charge in [-0.15, -0.1) is 34.2 Å². The van der Waals surface area contributed by atoms with Crippen molar-refractivity contribution in [2.24, 2.45) is 10.9 Å². The fraction of sp³-hybridized carbons (Fsp3) is 0.550. The summed E-state index contributed by atoms with van der Waals surface area (Å²) in [6, 6.07) is 6.58. The molecule has 1 atom stereocenters. The lowest BCUT2D eigenvalue weighted by Crippen LogP contribution is -2.40. The Balaban J connectivity index is 0.00000300. The van der Waals surface area contributed by atoms with Crippen molar-refractivity contribution in [1.82, 2.24) is 25.0 Å². The standard InChI is InChI=1S/C20H29FN6O.HI/c1-3-19-25-24-15-27(19)10-9-22-20(23-12-17-8-11-28-14-17)26(2)13-16-4-6-18(21)7-5-16;/h4-7,15,17H,3,8-14H2,1-2H3,(H,22,23);1H. The van der Waals surface area contributed by atoms with Crippen LogP contribution in [-0.2, 0) is 24.2 Å². The Morgan fingerprint density at radius 3 is 2.86 bits per heavy atom. The maximum Gasteiger partial charge on any atom is 0.194 e. The predicted molar refractivity (Wildman–Crippen MR) is 122 cm³/mol. The Labute approximate surface area is 188 Å². The molecule has 1 aromatic carbocycles. The molecule has 1 aliphatic rings. The average molecular weight is 516 g/mol. The quantitative estimate of drug-likeness (QED) is 0.332. The molecule has 2 aromatic rings. The van der Waals surface area contributed by atoms with Crippen LogP contribution < -0.4 is 5.32 Å². The van der Waals surface area contributed by atoms with Gasteiger partial charge in [-0.3, -0.25) is 4.99 Å². The van der Waals surface area contributed by atoms with Crippen molar-refractivity contribution in [3.8, 4) is 0 Å². The number of benzene rings is 1. The maximum atomic E-state index is 13.2. The lowest BCUT2D eigenvalue weighted by atomic mass is 10.1. The van der Waals surface area contributed by atoms with E-state index in [1.54, 1.807) is 18.5 Å². The number of aromatic nitrogens is 3. The van der Waals surface area contributed by atoms with Gasteiger partial charge < -0.3 is 19.5 Å². The minimum absolute atomic E-state index is 0. The van der Waals surface area contributed by atoms with Gasteiger partial charge >= 0.3 is 0 Å². The van der Waals surface area contributed by atoms with Crippen LogP contribution in [0.1, 0.15) is 24.7 Å². The van der Waals surface area contributed by atoms with Gasteiger partial charge in [0.05, 0.1) is 6.61 Å². The molecule has 0 aliphatic carbocycles. The van der Waals surface area contributed by atoms with Crippen LogP contribution in [0.3, 0.4) is 0 Å². The summed E-state index contributed by atoms with van der Waals surface area (Å²) < 4.78 is 20.7. The first kappa shape index (κ1) is 23.5. The Morgan fingerprint density at radius 1 is 1.38 bits per heavy atom. The normalized spacial score (nSPS) is 16.5. The second-order valence-electron chi connectivity index (χ2n) is 7.10. The Bertz CT molecular complexity index is 761. The number of hydrogen-bond donors (Lipinski definition) is 1. The van der Waals surface area contributed by atoms with Crippen molar-refractivity contribution in [3.05, 3.63) is 47.8 Å². The van der Waals surface area contributed by atoms with Crippen LogP contribution in [-0.4, -0.2) is 59.0 Å². The number of aryl methyl sites for hydroxylation is 1. The molecule has 2 heterocycles. The maximum absolute atomic E-state index is 13.2. The molecule has 1 unspecified atom stereocenters. The van der Waals surface area contributed by atoms with Crippen LogP contribution in [0.25, 0.3) is 0 Å². The lowest BCUT2D eigenvalue weighted by molar-refractivity contribution is 0.187. The zero-order valence-corrected chi connectivity index (χ0v) is 19.4. The Morgan fingerprint density at radius 2 is 2.17 bits per heavy atom. The van der Waals surface area contributed by atoms with Gasteiger partial charge in [-0.05, 0) is 24.1 Å². The van der Waals surface area contributed by atoms with E-state index in [0.717, 1.165) is 63.0 Å². The highest BCUT2D eigenvalue weighted by Gasteiger charge is 2.16. The third kappa shape index (κ3) is 7.22. The molecular weight excluding hydrogens is 486 g/mol. The third-order valence-corrected chi connectivity index (χ3v) is 4.87. The van der Waals surface area contributed by atoms with Crippen molar-refractivity contribution >= 4 is 29.9 Å². The molecule has 3 rings (SSSR count). The zero-order chi connectivity index (χ0) is 19.8. The summed E-state index contributed by atoms with van der Waals surface area (Å²) in [6.07, 6.45) is 3.67. The summed E-state index contributed by atoms with van der Waals surface area (Å²) in [6.45, 7) is 6.55. The first-order valence-corrected chi connectivity index (χ1v) is 9.84. The number of aliphatic imine (C=N–C) groups is 1. The van der Waals surface area contributed by atoms with E-state index in [9.17, 15) is 4.39 Å². The molecule has 29 heavy (non-hydrogen) atoms. The molecule has 0 spiro atoms. The lowest BCUT2D eigenvalue weighted by Gasteiger charge is -2.23. The fourth-order valence-corrected chi connectivity index (χ4v) is 3.22. The van der Waals surface area contributed by atoms with Gasteiger partial charge in [0.15, 0.2) is 5.96 Å². The van der Waals surface area contributed by atoms with E-state index in [1.165, 1.54) is 12.1 Å². The second-order valence-corrected chi connectivity index (χ2v) is 7.10. The molecule has 7 nitrogen and oxygen atoms in total. The van der Waals surface area contributed by atoms with E-state index in [-0.39, 0.29) is 29.8 Å². The van der Waals surface area contributed by atoms with Gasteiger partial charge in [0.1, 0.15) is 18.0 Å². The number of nitrogens with one attached hydrogen (secondary N) is 1. The molecular formula is C20H30FIN6O. The molecule has 0 radical (unpaired) electrons. The molecule has 0 amide bonds. The number of ether oxygens (including phenoxy) is 1. The van der Waals surface area contributed by atoms with E-state index in [0.29, 0.717) is 12.5 Å². The summed E-state index contributed by atoms with van der Waals surface area (Å²) in [7, 11) is 2.00. The number of halogens is 2. The van der Waals surface area contributed by atoms with Gasteiger partial charge in [0.25, 0.3) is 0 Å². The van der Waals surface area contributed by atoms with E-state index >= 15 is 0 Å². The summed E-state index contributed by atoms with van der Waals surface area (Å²) in [5, 5.41) is 11.5. The molecule has 160 valence electrons. The third-order valence-electron chi connectivity index (χ3n) is 4.87. The number of guanidine groups is 1. The summed E-state index contributed by atoms with van der Waals surface area (Å²) >= 11 is 0. The molecule has 0 bridgehead atoms. The van der Waals surface area contributed by atoms with Gasteiger partial charge in [0.2, 0.25) is 0 Å². The smallest absolute Gasteiger partial charge is 0.194 e. The van der Waals surface area contributed by atoms with E-state index in [2.05, 4.69) is 31.9 Å². The van der Waals surface area contributed by atoms with Crippen molar-refractivity contribution in [3.63, 3.8) is 0 Å². The molecule has 1 N–H and O–H groups in total. The fourth-order valence-electron chi connectivity index (χ4n) is 3.22. The highest BCUT2D eigenvalue weighted by molar-refractivity contribution is 14.0. The van der Waals surface area contributed by atoms with Crippen LogP contribution in [0.5, 0.6) is 0 Å². The van der Waals surface area contributed by atoms with Gasteiger partial charge in [-0.25, -0.2) is 4.39 Å². The molecule has 9 heteroatoms. The highest BCUT2D eigenvalue weighted by Crippen LogP contribution is 2.13. The number of hydrogen-bond acceptors (Lipinski definition) is 4. The first-order chi connectivity index (χ1) is 13.7. The molecule has 0 saturated carbocycles. The van der Waals surface area contributed by atoms with Crippen molar-refractivity contribution in [1.29, 1.82) is 0 Å². The van der Waals surface area contributed by atoms with Gasteiger partial charge in [0, 0.05) is 52.2 Å². The van der Waals surface area contributed by atoms with Crippen LogP contribution >= 0.6 is 24.0 Å². The number of rotatable bonds is 8.